The number of hydrogen-bond acceptors (Lipinski definition) is 3. The quantitative estimate of drug-likeness (QED) is 0.159. The Morgan fingerprint density at radius 3 is 1.80 bits per heavy atom. The van der Waals surface area contributed by atoms with E-state index in [0.717, 1.165) is 66.8 Å². The van der Waals surface area contributed by atoms with E-state index < -0.39 is 0 Å². The molecule has 0 aliphatic rings. The zero-order valence-electron chi connectivity index (χ0n) is 34.7. The van der Waals surface area contributed by atoms with E-state index in [-0.39, 0.29) is 0 Å². The van der Waals surface area contributed by atoms with Gasteiger partial charge in [0, 0.05) is 70.0 Å². The van der Waals surface area contributed by atoms with Crippen LogP contribution in [0, 0.1) is 0 Å². The molecule has 13 rings (SSSR count). The van der Waals surface area contributed by atoms with Gasteiger partial charge in [0.2, 0.25) is 0 Å². The second-order valence-corrected chi connectivity index (χ2v) is 17.5. The van der Waals surface area contributed by atoms with E-state index in [1.54, 1.807) is 0 Å². The Morgan fingerprint density at radius 1 is 0.344 bits per heavy atom. The summed E-state index contributed by atoms with van der Waals surface area (Å²) in [5.74, 6) is 0. The number of nitrogens with zero attached hydrogens (tertiary/aromatic N) is 2. The topological polar surface area (TPSA) is 21.3 Å². The largest absolute Gasteiger partial charge is 0.455 e. The van der Waals surface area contributed by atoms with Gasteiger partial charge in [0.25, 0.3) is 0 Å². The molecule has 0 radical (unpaired) electrons. The van der Waals surface area contributed by atoms with Crippen molar-refractivity contribution in [3.05, 3.63) is 231 Å². The van der Waals surface area contributed by atoms with Gasteiger partial charge in [-0.2, -0.15) is 0 Å². The maximum atomic E-state index is 6.83. The number of fused-ring (bicyclic) bond motifs is 9. The smallest absolute Gasteiger partial charge is 0.143 e. The molecule has 0 saturated heterocycles. The van der Waals surface area contributed by atoms with Gasteiger partial charge in [-0.25, -0.2) is 0 Å². The van der Waals surface area contributed by atoms with Crippen molar-refractivity contribution < 1.29 is 4.42 Å². The first-order valence-corrected chi connectivity index (χ1v) is 22.6. The first-order valence-electron chi connectivity index (χ1n) is 21.7. The second kappa shape index (κ2) is 14.7. The SMILES string of the molecule is c1ccc(-c2ccc(-n3c4ccccc4c4cc(-c5cc(N(c6ccccc6)c6ccc7sc8ccccc8c7c6)cc6c5oc5ccccc56)ccc43)cc2-c2ccccc2)cc1. The zero-order valence-corrected chi connectivity index (χ0v) is 35.5. The van der Waals surface area contributed by atoms with E-state index in [1.807, 2.05) is 11.3 Å². The lowest BCUT2D eigenvalue weighted by Gasteiger charge is -2.26. The molecule has 0 atom stereocenters. The van der Waals surface area contributed by atoms with E-state index >= 15 is 0 Å². The first kappa shape index (κ1) is 36.5. The summed E-state index contributed by atoms with van der Waals surface area (Å²) in [6, 6.07) is 83.4. The van der Waals surface area contributed by atoms with Crippen LogP contribution in [-0.2, 0) is 0 Å². The fraction of sp³-hybridized carbons (Fsp3) is 0. The molecule has 300 valence electrons. The molecule has 0 saturated carbocycles. The molecule has 64 heavy (non-hydrogen) atoms. The minimum atomic E-state index is 0.874. The second-order valence-electron chi connectivity index (χ2n) is 16.5. The Hall–Kier alpha value is -8.18. The number of aromatic nitrogens is 1. The molecule has 4 heteroatoms. The van der Waals surface area contributed by atoms with Crippen LogP contribution in [0.15, 0.2) is 235 Å². The summed E-state index contributed by atoms with van der Waals surface area (Å²) >= 11 is 1.85. The highest BCUT2D eigenvalue weighted by Gasteiger charge is 2.22. The highest BCUT2D eigenvalue weighted by atomic mass is 32.1. The number of anilines is 3. The molecule has 0 aliphatic carbocycles. The summed E-state index contributed by atoms with van der Waals surface area (Å²) in [6.07, 6.45) is 0. The normalized spacial score (nSPS) is 11.8. The molecule has 10 aromatic carbocycles. The number of benzene rings is 10. The summed E-state index contributed by atoms with van der Waals surface area (Å²) in [5.41, 5.74) is 15.4. The molecular formula is C60H38N2OS. The Labute approximate surface area is 373 Å². The number of hydrogen-bond donors (Lipinski definition) is 0. The summed E-state index contributed by atoms with van der Waals surface area (Å²) in [4.78, 5) is 2.39. The van der Waals surface area contributed by atoms with Crippen LogP contribution >= 0.6 is 11.3 Å². The molecule has 0 amide bonds. The van der Waals surface area contributed by atoms with Crippen molar-refractivity contribution in [2.75, 3.05) is 4.90 Å². The Kier molecular flexibility index (Phi) is 8.40. The van der Waals surface area contributed by atoms with E-state index in [1.165, 1.54) is 53.2 Å². The van der Waals surface area contributed by atoms with Crippen LogP contribution in [0.1, 0.15) is 0 Å². The number of para-hydroxylation sites is 3. The molecule has 3 aromatic heterocycles. The molecule has 0 bridgehead atoms. The molecule has 3 nitrogen and oxygen atoms in total. The van der Waals surface area contributed by atoms with Crippen molar-refractivity contribution in [3.8, 4) is 39.1 Å². The van der Waals surface area contributed by atoms with E-state index in [2.05, 4.69) is 240 Å². The van der Waals surface area contributed by atoms with Crippen molar-refractivity contribution >= 4 is 92.3 Å². The third kappa shape index (κ3) is 5.88. The standard InChI is InChI=1S/C60H38N2OS/c1-4-16-39(17-5-1)46-31-29-44(35-50(46)40-18-6-2-7-19-40)62-55-25-13-10-22-47(55)52-34-41(28-32-56(52)62)51-37-45(38-54-48-23-11-14-26-57(48)63-60(51)54)61(42-20-8-3-9-21-42)43-30-33-59-53(36-43)49-24-12-15-27-58(49)64-59/h1-38H. The van der Waals surface area contributed by atoms with E-state index in [9.17, 15) is 0 Å². The van der Waals surface area contributed by atoms with Crippen LogP contribution in [0.3, 0.4) is 0 Å². The maximum absolute atomic E-state index is 6.83. The lowest BCUT2D eigenvalue weighted by atomic mass is 9.94. The van der Waals surface area contributed by atoms with Crippen molar-refractivity contribution in [2.24, 2.45) is 0 Å². The molecule has 0 fully saturated rings. The fourth-order valence-corrected chi connectivity index (χ4v) is 10.9. The molecule has 13 aromatic rings. The highest BCUT2D eigenvalue weighted by molar-refractivity contribution is 7.25. The lowest BCUT2D eigenvalue weighted by molar-refractivity contribution is 0.670. The summed E-state index contributed by atoms with van der Waals surface area (Å²) in [7, 11) is 0. The third-order valence-corrected chi connectivity index (χ3v) is 13.9. The number of furan rings is 1. The Bertz CT molecular complexity index is 3900. The average Bonchev–Trinajstić information content (AvgIpc) is 4.04. The predicted octanol–water partition coefficient (Wildman–Crippen LogP) is 17.5. The van der Waals surface area contributed by atoms with Gasteiger partial charge in [-0.3, -0.25) is 0 Å². The zero-order chi connectivity index (χ0) is 42.1. The highest BCUT2D eigenvalue weighted by Crippen LogP contribution is 2.46. The summed E-state index contributed by atoms with van der Waals surface area (Å²) in [6.45, 7) is 0. The van der Waals surface area contributed by atoms with Crippen LogP contribution in [0.4, 0.5) is 17.1 Å². The summed E-state index contributed by atoms with van der Waals surface area (Å²) < 4.78 is 11.8. The van der Waals surface area contributed by atoms with Crippen LogP contribution in [0.2, 0.25) is 0 Å². The van der Waals surface area contributed by atoms with Gasteiger partial charge in [0.05, 0.1) is 11.0 Å². The van der Waals surface area contributed by atoms with Gasteiger partial charge in [-0.1, -0.05) is 146 Å². The summed E-state index contributed by atoms with van der Waals surface area (Å²) in [5, 5.41) is 7.11. The van der Waals surface area contributed by atoms with Crippen molar-refractivity contribution in [3.63, 3.8) is 0 Å². The van der Waals surface area contributed by atoms with Gasteiger partial charge in [-0.05, 0) is 113 Å². The first-order chi connectivity index (χ1) is 31.7. The van der Waals surface area contributed by atoms with Crippen LogP contribution in [-0.4, -0.2) is 4.57 Å². The third-order valence-electron chi connectivity index (χ3n) is 12.8. The molecule has 0 unspecified atom stereocenters. The minimum Gasteiger partial charge on any atom is -0.455 e. The Morgan fingerprint density at radius 2 is 0.984 bits per heavy atom. The van der Waals surface area contributed by atoms with Gasteiger partial charge < -0.3 is 13.9 Å². The average molecular weight is 835 g/mol. The number of rotatable bonds is 7. The fourth-order valence-electron chi connectivity index (χ4n) is 9.85. The van der Waals surface area contributed by atoms with E-state index in [4.69, 9.17) is 4.42 Å². The van der Waals surface area contributed by atoms with Gasteiger partial charge in [0.1, 0.15) is 11.2 Å². The molecule has 3 heterocycles. The van der Waals surface area contributed by atoms with Crippen LogP contribution in [0.25, 0.3) is 103 Å². The van der Waals surface area contributed by atoms with Gasteiger partial charge in [-0.15, -0.1) is 11.3 Å². The van der Waals surface area contributed by atoms with Gasteiger partial charge in [0.15, 0.2) is 0 Å². The molecule has 0 spiro atoms. The number of thiophene rings is 1. The molecule has 0 aliphatic heterocycles. The minimum absolute atomic E-state index is 0.874. The van der Waals surface area contributed by atoms with Crippen LogP contribution < -0.4 is 4.90 Å². The lowest BCUT2D eigenvalue weighted by Crippen LogP contribution is -2.10. The molecular weight excluding hydrogens is 797 g/mol. The maximum Gasteiger partial charge on any atom is 0.143 e. The molecule has 0 N–H and O–H groups in total. The Balaban J connectivity index is 1.03. The van der Waals surface area contributed by atoms with Crippen molar-refractivity contribution in [2.45, 2.75) is 0 Å². The van der Waals surface area contributed by atoms with Gasteiger partial charge >= 0.3 is 0 Å². The van der Waals surface area contributed by atoms with E-state index in [0.29, 0.717) is 0 Å². The van der Waals surface area contributed by atoms with Crippen LogP contribution in [0.5, 0.6) is 0 Å². The monoisotopic (exact) mass is 834 g/mol. The van der Waals surface area contributed by atoms with Crippen molar-refractivity contribution in [1.82, 2.24) is 4.57 Å². The predicted molar refractivity (Wildman–Crippen MR) is 272 cm³/mol. The van der Waals surface area contributed by atoms with Crippen molar-refractivity contribution in [1.29, 1.82) is 0 Å².